The highest BCUT2D eigenvalue weighted by atomic mass is 16.2. The van der Waals surface area contributed by atoms with Crippen molar-refractivity contribution in [2.75, 3.05) is 13.1 Å². The van der Waals surface area contributed by atoms with Gasteiger partial charge in [0.05, 0.1) is 0 Å². The van der Waals surface area contributed by atoms with Crippen LogP contribution in [0.25, 0.3) is 0 Å². The van der Waals surface area contributed by atoms with Gasteiger partial charge in [-0.15, -0.1) is 0 Å². The maximum absolute atomic E-state index is 12.1. The van der Waals surface area contributed by atoms with E-state index in [1.54, 1.807) is 6.07 Å². The van der Waals surface area contributed by atoms with E-state index in [0.29, 0.717) is 11.6 Å². The van der Waals surface area contributed by atoms with E-state index in [1.807, 2.05) is 18.7 Å². The molecular weight excluding hydrogens is 216 g/mol. The van der Waals surface area contributed by atoms with Gasteiger partial charge in [-0.25, -0.2) is 0 Å². The van der Waals surface area contributed by atoms with E-state index in [9.17, 15) is 4.79 Å². The van der Waals surface area contributed by atoms with Crippen molar-refractivity contribution < 1.29 is 4.79 Å². The summed E-state index contributed by atoms with van der Waals surface area (Å²) in [7, 11) is 0. The first-order chi connectivity index (χ1) is 8.08. The fourth-order valence-corrected chi connectivity index (χ4v) is 2.32. The molecule has 1 aromatic heterocycles. The summed E-state index contributed by atoms with van der Waals surface area (Å²) in [5.41, 5.74) is 7.31. The van der Waals surface area contributed by atoms with Gasteiger partial charge >= 0.3 is 0 Å². The third kappa shape index (κ3) is 2.66. The lowest BCUT2D eigenvalue weighted by molar-refractivity contribution is 0.0675. The molecule has 1 aliphatic rings. The van der Waals surface area contributed by atoms with Gasteiger partial charge in [-0.05, 0) is 38.7 Å². The van der Waals surface area contributed by atoms with E-state index in [1.165, 1.54) is 0 Å². The predicted molar refractivity (Wildman–Crippen MR) is 65.6 cm³/mol. The molecule has 1 fully saturated rings. The van der Waals surface area contributed by atoms with Crippen LogP contribution < -0.4 is 5.73 Å². The van der Waals surface area contributed by atoms with Gasteiger partial charge in [0.2, 0.25) is 0 Å². The second-order valence-corrected chi connectivity index (χ2v) is 4.92. The molecule has 1 amide bonds. The van der Waals surface area contributed by atoms with Crippen molar-refractivity contribution in [3.05, 3.63) is 17.5 Å². The second kappa shape index (κ2) is 4.87. The van der Waals surface area contributed by atoms with Crippen LogP contribution in [0, 0.1) is 12.8 Å². The van der Waals surface area contributed by atoms with Crippen LogP contribution in [0.5, 0.6) is 0 Å². The van der Waals surface area contributed by atoms with Gasteiger partial charge in [0.15, 0.2) is 0 Å². The monoisotopic (exact) mass is 236 g/mol. The summed E-state index contributed by atoms with van der Waals surface area (Å²) in [6.45, 7) is 5.51. The molecule has 2 heterocycles. The van der Waals surface area contributed by atoms with E-state index in [-0.39, 0.29) is 11.9 Å². The fourth-order valence-electron chi connectivity index (χ4n) is 2.32. The minimum Gasteiger partial charge on any atom is -0.337 e. The van der Waals surface area contributed by atoms with Crippen molar-refractivity contribution in [3.63, 3.8) is 0 Å². The lowest BCUT2D eigenvalue weighted by Gasteiger charge is -2.33. The number of hydrogen-bond acceptors (Lipinski definition) is 3. The first-order valence-corrected chi connectivity index (χ1v) is 6.15. The van der Waals surface area contributed by atoms with E-state index in [2.05, 4.69) is 10.2 Å². The number of amides is 1. The summed E-state index contributed by atoms with van der Waals surface area (Å²) < 4.78 is 0. The van der Waals surface area contributed by atoms with Crippen LogP contribution in [-0.2, 0) is 0 Å². The molecule has 1 aromatic rings. The standard InChI is InChI=1S/C12H20N4O/c1-8-7-11(15-14-8)12(17)16-5-3-10(4-6-16)9(2)13/h7,9-10H,3-6,13H2,1-2H3,(H,14,15). The Morgan fingerprint density at radius 1 is 1.59 bits per heavy atom. The number of nitrogens with zero attached hydrogens (tertiary/aromatic N) is 2. The molecule has 2 rings (SSSR count). The maximum atomic E-state index is 12.1. The first-order valence-electron chi connectivity index (χ1n) is 6.15. The summed E-state index contributed by atoms with van der Waals surface area (Å²) in [6, 6.07) is 2.01. The molecular formula is C12H20N4O. The van der Waals surface area contributed by atoms with E-state index >= 15 is 0 Å². The van der Waals surface area contributed by atoms with Crippen LogP contribution in [0.1, 0.15) is 35.9 Å². The topological polar surface area (TPSA) is 75.0 Å². The van der Waals surface area contributed by atoms with Gasteiger partial charge in [0.25, 0.3) is 5.91 Å². The normalized spacial score (nSPS) is 19.4. The van der Waals surface area contributed by atoms with E-state index in [4.69, 9.17) is 5.73 Å². The highest BCUT2D eigenvalue weighted by Gasteiger charge is 2.26. The Hall–Kier alpha value is -1.36. The van der Waals surface area contributed by atoms with Crippen LogP contribution in [0.3, 0.4) is 0 Å². The summed E-state index contributed by atoms with van der Waals surface area (Å²) in [6.07, 6.45) is 1.99. The molecule has 94 valence electrons. The van der Waals surface area contributed by atoms with Crippen LogP contribution in [0.15, 0.2) is 6.07 Å². The number of carbonyl (C=O) groups is 1. The summed E-state index contributed by atoms with van der Waals surface area (Å²) >= 11 is 0. The Kier molecular flexibility index (Phi) is 3.47. The molecule has 1 unspecified atom stereocenters. The molecule has 0 saturated carbocycles. The van der Waals surface area contributed by atoms with Crippen LogP contribution in [-0.4, -0.2) is 40.1 Å². The Morgan fingerprint density at radius 2 is 2.24 bits per heavy atom. The molecule has 1 aliphatic heterocycles. The van der Waals surface area contributed by atoms with Gasteiger partial charge in [0, 0.05) is 24.8 Å². The zero-order chi connectivity index (χ0) is 12.4. The number of hydrogen-bond donors (Lipinski definition) is 2. The summed E-state index contributed by atoms with van der Waals surface area (Å²) in [4.78, 5) is 14.0. The second-order valence-electron chi connectivity index (χ2n) is 4.92. The Bertz CT molecular complexity index is 391. The van der Waals surface area contributed by atoms with Gasteiger partial charge in [0.1, 0.15) is 5.69 Å². The number of aromatic nitrogens is 2. The Balaban J connectivity index is 1.95. The van der Waals surface area contributed by atoms with Crippen LogP contribution in [0.2, 0.25) is 0 Å². The SMILES string of the molecule is Cc1cc(C(=O)N2CCC(C(C)N)CC2)n[nH]1. The van der Waals surface area contributed by atoms with Gasteiger partial charge in [-0.2, -0.15) is 5.10 Å². The van der Waals surface area contributed by atoms with E-state index in [0.717, 1.165) is 31.6 Å². The number of nitrogens with two attached hydrogens (primary N) is 1. The molecule has 5 nitrogen and oxygen atoms in total. The van der Waals surface area contributed by atoms with Crippen LogP contribution in [0.4, 0.5) is 0 Å². The zero-order valence-electron chi connectivity index (χ0n) is 10.4. The number of H-pyrrole nitrogens is 1. The molecule has 5 heteroatoms. The average molecular weight is 236 g/mol. The van der Waals surface area contributed by atoms with Crippen molar-refractivity contribution in [2.24, 2.45) is 11.7 Å². The van der Waals surface area contributed by atoms with Crippen molar-refractivity contribution >= 4 is 5.91 Å². The fraction of sp³-hybridized carbons (Fsp3) is 0.667. The number of aromatic amines is 1. The molecule has 0 radical (unpaired) electrons. The lowest BCUT2D eigenvalue weighted by Crippen LogP contribution is -2.42. The number of likely N-dealkylation sites (tertiary alicyclic amines) is 1. The van der Waals surface area contributed by atoms with Gasteiger partial charge < -0.3 is 10.6 Å². The molecule has 3 N–H and O–H groups in total. The van der Waals surface area contributed by atoms with Crippen molar-refractivity contribution in [1.29, 1.82) is 0 Å². The third-order valence-electron chi connectivity index (χ3n) is 3.50. The summed E-state index contributed by atoms with van der Waals surface area (Å²) in [5.74, 6) is 0.567. The first kappa shape index (κ1) is 12.1. The number of piperidine rings is 1. The molecule has 0 bridgehead atoms. The predicted octanol–water partition coefficient (Wildman–Crippen LogP) is 0.918. The minimum atomic E-state index is 0.0254. The molecule has 1 saturated heterocycles. The number of rotatable bonds is 2. The number of nitrogens with one attached hydrogen (secondary N) is 1. The molecule has 1 atom stereocenters. The largest absolute Gasteiger partial charge is 0.337 e. The Morgan fingerprint density at radius 3 is 2.71 bits per heavy atom. The third-order valence-corrected chi connectivity index (χ3v) is 3.50. The average Bonchev–Trinajstić information content (AvgIpc) is 2.75. The quantitative estimate of drug-likeness (QED) is 0.801. The van der Waals surface area contributed by atoms with Crippen molar-refractivity contribution in [3.8, 4) is 0 Å². The zero-order valence-corrected chi connectivity index (χ0v) is 10.4. The molecule has 0 aromatic carbocycles. The minimum absolute atomic E-state index is 0.0254. The highest BCUT2D eigenvalue weighted by molar-refractivity contribution is 5.92. The smallest absolute Gasteiger partial charge is 0.274 e. The summed E-state index contributed by atoms with van der Waals surface area (Å²) in [5, 5.41) is 6.80. The molecule has 0 aliphatic carbocycles. The van der Waals surface area contributed by atoms with Crippen LogP contribution >= 0.6 is 0 Å². The van der Waals surface area contributed by atoms with Crippen molar-refractivity contribution in [2.45, 2.75) is 32.7 Å². The number of carbonyl (C=O) groups excluding carboxylic acids is 1. The molecule has 0 spiro atoms. The number of aryl methyl sites for hydroxylation is 1. The van der Waals surface area contributed by atoms with Gasteiger partial charge in [-0.1, -0.05) is 0 Å². The lowest BCUT2D eigenvalue weighted by atomic mass is 9.91. The van der Waals surface area contributed by atoms with Crippen molar-refractivity contribution in [1.82, 2.24) is 15.1 Å². The maximum Gasteiger partial charge on any atom is 0.274 e. The highest BCUT2D eigenvalue weighted by Crippen LogP contribution is 2.20. The Labute approximate surface area is 101 Å². The van der Waals surface area contributed by atoms with Gasteiger partial charge in [-0.3, -0.25) is 9.89 Å². The van der Waals surface area contributed by atoms with E-state index < -0.39 is 0 Å². The molecule has 17 heavy (non-hydrogen) atoms.